The molecule has 1 atom stereocenters. The number of fused-ring (bicyclic) bond motifs is 1. The standard InChI is InChI=1S/C33H44FN5O5/c1-9-43-31(42)28(44-32(4,5)6)27-21(3)36-26-18-25(37-39(26)30(27)38-14-12-33(7,8)13-15-38)29(41)35-19-23(40)17-22-10-11-24(34)20(2)16-22/h10-11,16,18,28H,9,12-15,17,19H2,1-8H3,(H,35,41). The summed E-state index contributed by atoms with van der Waals surface area (Å²) >= 11 is 0. The zero-order valence-electron chi connectivity index (χ0n) is 27.0. The molecule has 1 amide bonds. The third kappa shape index (κ3) is 7.80. The van der Waals surface area contributed by atoms with Crippen molar-refractivity contribution in [3.8, 4) is 0 Å². The van der Waals surface area contributed by atoms with Gasteiger partial charge in [-0.05, 0) is 77.0 Å². The van der Waals surface area contributed by atoms with E-state index >= 15 is 0 Å². The SMILES string of the molecule is CCOC(=O)C(OC(C)(C)C)c1c(C)nc2cc(C(=O)NCC(=O)Cc3ccc(F)c(C)c3)nn2c1N1CCC(C)(C)CC1. The van der Waals surface area contributed by atoms with Crippen molar-refractivity contribution in [1.29, 1.82) is 0 Å². The number of amides is 1. The van der Waals surface area contributed by atoms with Crippen LogP contribution in [-0.4, -0.2) is 64.1 Å². The summed E-state index contributed by atoms with van der Waals surface area (Å²) in [7, 11) is 0. The fraction of sp³-hybridized carbons (Fsp3) is 0.545. The molecule has 0 spiro atoms. The molecular formula is C33H44FN5O5. The van der Waals surface area contributed by atoms with E-state index in [2.05, 4.69) is 29.2 Å². The maximum Gasteiger partial charge on any atom is 0.340 e. The molecule has 238 valence electrons. The van der Waals surface area contributed by atoms with Gasteiger partial charge in [-0.15, -0.1) is 0 Å². The monoisotopic (exact) mass is 609 g/mol. The van der Waals surface area contributed by atoms with Gasteiger partial charge in [-0.25, -0.2) is 14.2 Å². The fourth-order valence-electron chi connectivity index (χ4n) is 5.33. The fourth-order valence-corrected chi connectivity index (χ4v) is 5.33. The molecule has 1 aliphatic heterocycles. The Morgan fingerprint density at radius 2 is 1.80 bits per heavy atom. The van der Waals surface area contributed by atoms with E-state index in [-0.39, 0.29) is 42.3 Å². The van der Waals surface area contributed by atoms with E-state index in [0.29, 0.717) is 46.9 Å². The Labute approximate surface area is 258 Å². The zero-order valence-corrected chi connectivity index (χ0v) is 27.0. The lowest BCUT2D eigenvalue weighted by molar-refractivity contribution is -0.166. The second kappa shape index (κ2) is 13.0. The predicted molar refractivity (Wildman–Crippen MR) is 165 cm³/mol. The number of ether oxygens (including phenoxy) is 2. The molecule has 1 saturated heterocycles. The van der Waals surface area contributed by atoms with Crippen LogP contribution in [0.1, 0.15) is 93.4 Å². The molecule has 11 heteroatoms. The van der Waals surface area contributed by atoms with Crippen molar-refractivity contribution in [2.45, 2.75) is 86.4 Å². The molecular weight excluding hydrogens is 565 g/mol. The summed E-state index contributed by atoms with van der Waals surface area (Å²) in [4.78, 5) is 46.1. The summed E-state index contributed by atoms with van der Waals surface area (Å²) < 4.78 is 26.9. The number of rotatable bonds is 10. The highest BCUT2D eigenvalue weighted by molar-refractivity contribution is 5.96. The van der Waals surface area contributed by atoms with E-state index in [9.17, 15) is 18.8 Å². The number of esters is 1. The van der Waals surface area contributed by atoms with Gasteiger partial charge in [0.05, 0.1) is 24.3 Å². The van der Waals surface area contributed by atoms with Crippen molar-refractivity contribution in [3.05, 3.63) is 58.2 Å². The number of Topliss-reactive ketones (excluding diaryl/α,β-unsaturated/α-hetero) is 1. The van der Waals surface area contributed by atoms with Crippen molar-refractivity contribution >= 4 is 29.1 Å². The number of nitrogens with zero attached hydrogens (tertiary/aromatic N) is 4. The quantitative estimate of drug-likeness (QED) is 0.317. The van der Waals surface area contributed by atoms with Gasteiger partial charge in [0, 0.05) is 31.3 Å². The highest BCUT2D eigenvalue weighted by atomic mass is 19.1. The summed E-state index contributed by atoms with van der Waals surface area (Å²) in [6, 6.07) is 6.09. The van der Waals surface area contributed by atoms with Crippen LogP contribution in [0, 0.1) is 25.1 Å². The first-order chi connectivity index (χ1) is 20.6. The molecule has 3 heterocycles. The van der Waals surface area contributed by atoms with Crippen molar-refractivity contribution in [2.75, 3.05) is 31.1 Å². The van der Waals surface area contributed by atoms with Crippen LogP contribution in [0.2, 0.25) is 0 Å². The molecule has 0 aliphatic carbocycles. The Morgan fingerprint density at radius 3 is 2.41 bits per heavy atom. The highest BCUT2D eigenvalue weighted by Crippen LogP contribution is 2.39. The van der Waals surface area contributed by atoms with Crippen LogP contribution in [0.5, 0.6) is 0 Å². The summed E-state index contributed by atoms with van der Waals surface area (Å²) in [5, 5.41) is 7.29. The zero-order chi connectivity index (χ0) is 32.4. The summed E-state index contributed by atoms with van der Waals surface area (Å²) in [5.41, 5.74) is 2.25. The topological polar surface area (TPSA) is 115 Å². The second-order valence-electron chi connectivity index (χ2n) is 13.2. The Morgan fingerprint density at radius 1 is 1.11 bits per heavy atom. The molecule has 0 bridgehead atoms. The van der Waals surface area contributed by atoms with E-state index in [0.717, 1.165) is 12.8 Å². The van der Waals surface area contributed by atoms with Crippen molar-refractivity contribution in [3.63, 3.8) is 0 Å². The van der Waals surface area contributed by atoms with Crippen LogP contribution >= 0.6 is 0 Å². The number of nitrogens with one attached hydrogen (secondary N) is 1. The van der Waals surface area contributed by atoms with Gasteiger partial charge in [0.25, 0.3) is 5.91 Å². The minimum atomic E-state index is -1.06. The van der Waals surface area contributed by atoms with Crippen molar-refractivity contribution in [1.82, 2.24) is 19.9 Å². The molecule has 44 heavy (non-hydrogen) atoms. The van der Waals surface area contributed by atoms with Crippen LogP contribution in [0.15, 0.2) is 24.3 Å². The van der Waals surface area contributed by atoms with Gasteiger partial charge < -0.3 is 19.7 Å². The first-order valence-electron chi connectivity index (χ1n) is 15.1. The lowest BCUT2D eigenvalue weighted by Gasteiger charge is -2.39. The number of aryl methyl sites for hydroxylation is 2. The number of halogens is 1. The number of hydrogen-bond acceptors (Lipinski definition) is 8. The number of anilines is 1. The lowest BCUT2D eigenvalue weighted by Crippen LogP contribution is -2.40. The summed E-state index contributed by atoms with van der Waals surface area (Å²) in [6.45, 7) is 16.7. The molecule has 1 fully saturated rings. The van der Waals surface area contributed by atoms with Gasteiger partial charge in [-0.2, -0.15) is 9.61 Å². The average Bonchev–Trinajstić information content (AvgIpc) is 3.35. The van der Waals surface area contributed by atoms with Gasteiger partial charge in [0.1, 0.15) is 11.6 Å². The maximum absolute atomic E-state index is 13.6. The van der Waals surface area contributed by atoms with Crippen LogP contribution < -0.4 is 10.2 Å². The Bertz CT molecular complexity index is 1550. The third-order valence-corrected chi connectivity index (χ3v) is 7.76. The van der Waals surface area contributed by atoms with Gasteiger partial charge in [-0.3, -0.25) is 9.59 Å². The molecule has 2 aromatic heterocycles. The van der Waals surface area contributed by atoms with Gasteiger partial charge in [0.2, 0.25) is 0 Å². The number of ketones is 1. The second-order valence-corrected chi connectivity index (χ2v) is 13.2. The largest absolute Gasteiger partial charge is 0.464 e. The molecule has 1 aliphatic rings. The minimum absolute atomic E-state index is 0.0646. The lowest BCUT2D eigenvalue weighted by atomic mass is 9.82. The van der Waals surface area contributed by atoms with Crippen LogP contribution in [0.3, 0.4) is 0 Å². The van der Waals surface area contributed by atoms with Gasteiger partial charge in [-0.1, -0.05) is 26.0 Å². The van der Waals surface area contributed by atoms with Gasteiger partial charge >= 0.3 is 5.97 Å². The van der Waals surface area contributed by atoms with E-state index in [1.54, 1.807) is 36.6 Å². The van der Waals surface area contributed by atoms with Crippen LogP contribution in [0.25, 0.3) is 5.65 Å². The average molecular weight is 610 g/mol. The number of benzene rings is 1. The predicted octanol–water partition coefficient (Wildman–Crippen LogP) is 5.07. The Kier molecular flexibility index (Phi) is 9.77. The Balaban J connectivity index is 1.69. The first kappa shape index (κ1) is 33.0. The molecule has 10 nitrogen and oxygen atoms in total. The van der Waals surface area contributed by atoms with Crippen molar-refractivity contribution < 1.29 is 28.2 Å². The normalized spacial score (nSPS) is 15.7. The van der Waals surface area contributed by atoms with E-state index in [1.165, 1.54) is 6.07 Å². The van der Waals surface area contributed by atoms with Crippen LogP contribution in [-0.2, 0) is 25.5 Å². The number of hydrogen-bond donors (Lipinski definition) is 1. The molecule has 3 aromatic rings. The molecule has 0 saturated carbocycles. The third-order valence-electron chi connectivity index (χ3n) is 7.76. The minimum Gasteiger partial charge on any atom is -0.464 e. The van der Waals surface area contributed by atoms with Crippen LogP contribution in [0.4, 0.5) is 10.2 Å². The maximum atomic E-state index is 13.6. The molecule has 4 rings (SSSR count). The molecule has 1 unspecified atom stereocenters. The smallest absolute Gasteiger partial charge is 0.340 e. The summed E-state index contributed by atoms with van der Waals surface area (Å²) in [6.07, 6.45) is 0.842. The molecule has 1 N–H and O–H groups in total. The molecule has 1 aromatic carbocycles. The number of aromatic nitrogens is 3. The summed E-state index contributed by atoms with van der Waals surface area (Å²) in [5.74, 6) is -0.980. The van der Waals surface area contributed by atoms with Gasteiger partial charge in [0.15, 0.2) is 23.2 Å². The van der Waals surface area contributed by atoms with Crippen molar-refractivity contribution in [2.24, 2.45) is 5.41 Å². The first-order valence-corrected chi connectivity index (χ1v) is 15.1. The van der Waals surface area contributed by atoms with E-state index in [4.69, 9.17) is 14.5 Å². The van der Waals surface area contributed by atoms with E-state index < -0.39 is 23.6 Å². The van der Waals surface area contributed by atoms with E-state index in [1.807, 2.05) is 27.7 Å². The number of piperidine rings is 1. The highest BCUT2D eigenvalue weighted by Gasteiger charge is 2.37. The Hall–Kier alpha value is -3.86. The molecule has 0 radical (unpaired) electrons. The number of carbonyl (C=O) groups is 3. The number of carbonyl (C=O) groups excluding carboxylic acids is 3.